The first-order valence-corrected chi connectivity index (χ1v) is 8.46. The predicted octanol–water partition coefficient (Wildman–Crippen LogP) is 3.04. The average Bonchev–Trinajstić information content (AvgIpc) is 2.34. The molecule has 0 aliphatic carbocycles. The average molecular weight is 324 g/mol. The molecule has 19 heavy (non-hydrogen) atoms. The van der Waals surface area contributed by atoms with Crippen LogP contribution in [0.4, 0.5) is 0 Å². The van der Waals surface area contributed by atoms with Gasteiger partial charge in [-0.25, -0.2) is 8.42 Å². The summed E-state index contributed by atoms with van der Waals surface area (Å²) >= 11 is 5.89. The van der Waals surface area contributed by atoms with Gasteiger partial charge in [0.15, 0.2) is 0 Å². The highest BCUT2D eigenvalue weighted by molar-refractivity contribution is 8.13. The van der Waals surface area contributed by atoms with Gasteiger partial charge in [-0.2, -0.15) is 0 Å². The van der Waals surface area contributed by atoms with Gasteiger partial charge in [-0.05, 0) is 24.1 Å². The fraction of sp³-hybridized carbons (Fsp3) is 0.417. The number of carbonyl (C=O) groups excluding carboxylic acids is 1. The van der Waals surface area contributed by atoms with E-state index in [4.69, 9.17) is 22.3 Å². The summed E-state index contributed by atoms with van der Waals surface area (Å²) in [6, 6.07) is 3.78. The predicted molar refractivity (Wildman–Crippen MR) is 76.3 cm³/mol. The summed E-state index contributed by atoms with van der Waals surface area (Å²) in [5.41, 5.74) is 0.103. The maximum absolute atomic E-state index is 11.9. The lowest BCUT2D eigenvalue weighted by Crippen LogP contribution is -2.28. The molecule has 0 heterocycles. The Balaban J connectivity index is 2.96. The molecule has 1 rings (SSSR count). The van der Waals surface area contributed by atoms with E-state index in [0.29, 0.717) is 12.5 Å². The summed E-state index contributed by atoms with van der Waals surface area (Å²) in [4.78, 5) is 11.8. The zero-order valence-corrected chi connectivity index (χ0v) is 12.9. The largest absolute Gasteiger partial charge is 0.352 e. The first-order valence-electron chi connectivity index (χ1n) is 5.78. The second kappa shape index (κ2) is 6.59. The fourth-order valence-corrected chi connectivity index (χ4v) is 2.32. The van der Waals surface area contributed by atoms with Crippen molar-refractivity contribution in [1.82, 2.24) is 5.32 Å². The highest BCUT2D eigenvalue weighted by Crippen LogP contribution is 2.22. The Morgan fingerprint density at radius 3 is 2.58 bits per heavy atom. The van der Waals surface area contributed by atoms with Crippen molar-refractivity contribution in [1.29, 1.82) is 0 Å². The Bertz CT molecular complexity index is 572. The second-order valence-electron chi connectivity index (χ2n) is 4.30. The van der Waals surface area contributed by atoms with Crippen molar-refractivity contribution in [3.8, 4) is 0 Å². The van der Waals surface area contributed by atoms with Gasteiger partial charge in [0, 0.05) is 17.2 Å². The van der Waals surface area contributed by atoms with Gasteiger partial charge in [0.2, 0.25) is 0 Å². The molecule has 7 heteroatoms. The van der Waals surface area contributed by atoms with Crippen molar-refractivity contribution in [2.45, 2.75) is 25.2 Å². The van der Waals surface area contributed by atoms with E-state index in [1.807, 2.05) is 13.8 Å². The Morgan fingerprint density at radius 1 is 1.42 bits per heavy atom. The molecule has 1 aromatic carbocycles. The summed E-state index contributed by atoms with van der Waals surface area (Å²) < 4.78 is 22.4. The number of nitrogens with one attached hydrogen (secondary N) is 1. The lowest BCUT2D eigenvalue weighted by molar-refractivity contribution is 0.0948. The van der Waals surface area contributed by atoms with Crippen LogP contribution < -0.4 is 5.32 Å². The van der Waals surface area contributed by atoms with Crippen LogP contribution in [0.25, 0.3) is 0 Å². The molecular weight excluding hydrogens is 309 g/mol. The van der Waals surface area contributed by atoms with Gasteiger partial charge in [0.1, 0.15) is 0 Å². The molecule has 0 fully saturated rings. The highest BCUT2D eigenvalue weighted by Gasteiger charge is 2.16. The van der Waals surface area contributed by atoms with Gasteiger partial charge < -0.3 is 5.32 Å². The Hall–Kier alpha value is -0.780. The molecule has 1 atom stereocenters. The van der Waals surface area contributed by atoms with Crippen molar-refractivity contribution < 1.29 is 13.2 Å². The fourth-order valence-electron chi connectivity index (χ4n) is 1.34. The van der Waals surface area contributed by atoms with Gasteiger partial charge in [-0.1, -0.05) is 31.9 Å². The van der Waals surface area contributed by atoms with Crippen molar-refractivity contribution in [2.24, 2.45) is 5.92 Å². The van der Waals surface area contributed by atoms with E-state index in [2.05, 4.69) is 5.32 Å². The molecule has 1 unspecified atom stereocenters. The van der Waals surface area contributed by atoms with Gasteiger partial charge >= 0.3 is 0 Å². The van der Waals surface area contributed by atoms with Gasteiger partial charge in [0.05, 0.1) is 15.5 Å². The molecule has 0 saturated carbocycles. The zero-order chi connectivity index (χ0) is 14.6. The highest BCUT2D eigenvalue weighted by atomic mass is 35.7. The smallest absolute Gasteiger partial charge is 0.261 e. The van der Waals surface area contributed by atoms with E-state index in [0.717, 1.165) is 6.42 Å². The second-order valence-corrected chi connectivity index (χ2v) is 7.28. The first-order chi connectivity index (χ1) is 8.75. The normalized spacial score (nSPS) is 13.1. The summed E-state index contributed by atoms with van der Waals surface area (Å²) in [7, 11) is 1.36. The van der Waals surface area contributed by atoms with E-state index in [1.54, 1.807) is 0 Å². The van der Waals surface area contributed by atoms with E-state index in [9.17, 15) is 13.2 Å². The van der Waals surface area contributed by atoms with E-state index in [1.165, 1.54) is 18.2 Å². The summed E-state index contributed by atoms with van der Waals surface area (Å²) in [5, 5.41) is 2.89. The molecule has 106 valence electrons. The topological polar surface area (TPSA) is 63.2 Å². The third-order valence-electron chi connectivity index (χ3n) is 2.77. The lowest BCUT2D eigenvalue weighted by Gasteiger charge is -2.11. The molecule has 0 aromatic heterocycles. The minimum Gasteiger partial charge on any atom is -0.352 e. The third-order valence-corrected chi connectivity index (χ3v) is 4.45. The number of halogens is 2. The van der Waals surface area contributed by atoms with Crippen LogP contribution in [0.5, 0.6) is 0 Å². The number of carbonyl (C=O) groups is 1. The number of hydrogen-bond donors (Lipinski definition) is 1. The van der Waals surface area contributed by atoms with E-state index in [-0.39, 0.29) is 15.5 Å². The minimum atomic E-state index is -3.88. The molecule has 0 spiro atoms. The van der Waals surface area contributed by atoms with Crippen molar-refractivity contribution >= 4 is 37.2 Å². The molecule has 0 radical (unpaired) electrons. The maximum Gasteiger partial charge on any atom is 0.261 e. The van der Waals surface area contributed by atoms with Crippen LogP contribution >= 0.6 is 22.3 Å². The molecule has 1 aromatic rings. The Kier molecular flexibility index (Phi) is 5.64. The molecule has 1 amide bonds. The summed E-state index contributed by atoms with van der Waals surface area (Å²) in [6.07, 6.45) is 0.935. The van der Waals surface area contributed by atoms with Crippen molar-refractivity contribution in [3.05, 3.63) is 28.8 Å². The molecule has 0 aliphatic rings. The number of amides is 1. The summed E-state index contributed by atoms with van der Waals surface area (Å²) in [5.74, 6) is -0.0739. The lowest BCUT2D eigenvalue weighted by atomic mass is 10.1. The molecule has 4 nitrogen and oxygen atoms in total. The van der Waals surface area contributed by atoms with Crippen molar-refractivity contribution in [3.63, 3.8) is 0 Å². The molecule has 0 saturated heterocycles. The Labute approximate surface area is 122 Å². The van der Waals surface area contributed by atoms with Crippen LogP contribution in [0.2, 0.25) is 5.02 Å². The van der Waals surface area contributed by atoms with Crippen LogP contribution in [0.15, 0.2) is 23.1 Å². The maximum atomic E-state index is 11.9. The number of hydrogen-bond acceptors (Lipinski definition) is 3. The van der Waals surface area contributed by atoms with Crippen LogP contribution in [0.3, 0.4) is 0 Å². The quantitative estimate of drug-likeness (QED) is 0.847. The molecule has 0 bridgehead atoms. The SMILES string of the molecule is CCC(C)CNC(=O)c1cc(S(=O)(=O)Cl)ccc1Cl. The van der Waals surface area contributed by atoms with Crippen LogP contribution in [-0.4, -0.2) is 20.9 Å². The molecule has 0 aliphatic heterocycles. The van der Waals surface area contributed by atoms with Gasteiger partial charge in [-0.3, -0.25) is 4.79 Å². The Morgan fingerprint density at radius 2 is 2.05 bits per heavy atom. The van der Waals surface area contributed by atoms with Crippen LogP contribution in [0, 0.1) is 5.92 Å². The van der Waals surface area contributed by atoms with Crippen molar-refractivity contribution in [2.75, 3.05) is 6.54 Å². The van der Waals surface area contributed by atoms with Gasteiger partial charge in [-0.15, -0.1) is 0 Å². The monoisotopic (exact) mass is 323 g/mol. The zero-order valence-electron chi connectivity index (χ0n) is 10.6. The van der Waals surface area contributed by atoms with Gasteiger partial charge in [0.25, 0.3) is 15.0 Å². The number of rotatable bonds is 5. The minimum absolute atomic E-state index is 0.103. The number of benzene rings is 1. The third kappa shape index (κ3) is 4.67. The van der Waals surface area contributed by atoms with Crippen LogP contribution in [-0.2, 0) is 9.05 Å². The molecular formula is C12H15Cl2NO3S. The molecule has 1 N–H and O–H groups in total. The summed E-state index contributed by atoms with van der Waals surface area (Å²) in [6.45, 7) is 4.52. The standard InChI is InChI=1S/C12H15Cl2NO3S/c1-3-8(2)7-15-12(16)10-6-9(19(14,17)18)4-5-11(10)13/h4-6,8H,3,7H2,1-2H3,(H,15,16). The van der Waals surface area contributed by atoms with E-state index >= 15 is 0 Å². The first kappa shape index (κ1) is 16.3. The van der Waals surface area contributed by atoms with E-state index < -0.39 is 15.0 Å². The van der Waals surface area contributed by atoms with Crippen LogP contribution in [0.1, 0.15) is 30.6 Å².